The van der Waals surface area contributed by atoms with Crippen molar-refractivity contribution in [3.8, 4) is 0 Å². The molecular formula is C10H13Cl4N3. The lowest BCUT2D eigenvalue weighted by molar-refractivity contribution is 0.707. The van der Waals surface area contributed by atoms with Crippen LogP contribution >= 0.6 is 46.4 Å². The molecule has 0 amide bonds. The summed E-state index contributed by atoms with van der Waals surface area (Å²) in [4.78, 5) is 3.80. The molecule has 0 bridgehead atoms. The topological polar surface area (TPSA) is 50.9 Å². The summed E-state index contributed by atoms with van der Waals surface area (Å²) in [6.07, 6.45) is 3.02. The zero-order valence-electron chi connectivity index (χ0n) is 9.07. The second kappa shape index (κ2) is 7.49. The lowest BCUT2D eigenvalue weighted by atomic mass is 10.2. The Hall–Kier alpha value is 0.0700. The van der Waals surface area contributed by atoms with Crippen LogP contribution in [0, 0.1) is 0 Å². The van der Waals surface area contributed by atoms with Gasteiger partial charge in [-0.1, -0.05) is 52.8 Å². The van der Waals surface area contributed by atoms with Gasteiger partial charge in [0.1, 0.15) is 10.0 Å². The van der Waals surface area contributed by atoms with Crippen molar-refractivity contribution in [2.45, 2.75) is 19.3 Å². The molecule has 1 heterocycles. The van der Waals surface area contributed by atoms with E-state index in [1.165, 1.54) is 0 Å². The van der Waals surface area contributed by atoms with E-state index in [0.717, 1.165) is 25.8 Å². The predicted molar refractivity (Wildman–Crippen MR) is 75.7 cm³/mol. The predicted octanol–water partition coefficient (Wildman–Crippen LogP) is 4.24. The number of anilines is 1. The second-order valence-electron chi connectivity index (χ2n) is 3.47. The van der Waals surface area contributed by atoms with Crippen molar-refractivity contribution in [1.29, 1.82) is 0 Å². The van der Waals surface area contributed by atoms with Crippen LogP contribution in [0.3, 0.4) is 0 Å². The van der Waals surface area contributed by atoms with Gasteiger partial charge in [0.05, 0.1) is 5.69 Å². The molecule has 0 aromatic carbocycles. The first-order valence-corrected chi connectivity index (χ1v) is 6.73. The SMILES string of the molecule is NCCCCCNc1c(Cl)c(Cl)nc(Cl)c1Cl. The van der Waals surface area contributed by atoms with Gasteiger partial charge in [0.25, 0.3) is 0 Å². The highest BCUT2D eigenvalue weighted by Crippen LogP contribution is 2.38. The molecule has 0 aliphatic carbocycles. The van der Waals surface area contributed by atoms with E-state index in [1.54, 1.807) is 0 Å². The largest absolute Gasteiger partial charge is 0.382 e. The first-order chi connectivity index (χ1) is 8.07. The maximum atomic E-state index is 5.99. The highest BCUT2D eigenvalue weighted by molar-refractivity contribution is 6.48. The van der Waals surface area contributed by atoms with E-state index in [-0.39, 0.29) is 10.3 Å². The van der Waals surface area contributed by atoms with Crippen molar-refractivity contribution in [3.63, 3.8) is 0 Å². The van der Waals surface area contributed by atoms with E-state index in [0.29, 0.717) is 22.3 Å². The van der Waals surface area contributed by atoms with Gasteiger partial charge in [-0.2, -0.15) is 0 Å². The third-order valence-electron chi connectivity index (χ3n) is 2.18. The molecule has 0 unspecified atom stereocenters. The van der Waals surface area contributed by atoms with Crippen molar-refractivity contribution in [1.82, 2.24) is 4.98 Å². The average molecular weight is 317 g/mol. The molecule has 96 valence electrons. The van der Waals surface area contributed by atoms with Crippen LogP contribution < -0.4 is 11.1 Å². The number of aromatic nitrogens is 1. The molecule has 3 N–H and O–H groups in total. The number of hydrogen-bond acceptors (Lipinski definition) is 3. The van der Waals surface area contributed by atoms with Crippen LogP contribution in [0.4, 0.5) is 5.69 Å². The Bertz CT molecular complexity index is 358. The third kappa shape index (κ3) is 4.34. The second-order valence-corrected chi connectivity index (χ2v) is 4.94. The molecule has 0 fully saturated rings. The molecule has 3 nitrogen and oxygen atoms in total. The Balaban J connectivity index is 2.64. The first-order valence-electron chi connectivity index (χ1n) is 5.21. The molecule has 0 saturated heterocycles. The van der Waals surface area contributed by atoms with E-state index < -0.39 is 0 Å². The molecular weight excluding hydrogens is 304 g/mol. The van der Waals surface area contributed by atoms with Gasteiger partial charge in [0.15, 0.2) is 10.3 Å². The normalized spacial score (nSPS) is 10.6. The van der Waals surface area contributed by atoms with Crippen molar-refractivity contribution >= 4 is 52.1 Å². The highest BCUT2D eigenvalue weighted by atomic mass is 35.5. The standard InChI is InChI=1S/C10H13Cl4N3/c11-6-8(16-5-3-1-2-4-15)7(12)10(14)17-9(6)13/h1-5,15H2,(H,16,17). The van der Waals surface area contributed by atoms with Crippen LogP contribution in [-0.2, 0) is 0 Å². The summed E-state index contributed by atoms with van der Waals surface area (Å²) < 4.78 is 0. The first kappa shape index (κ1) is 15.1. The van der Waals surface area contributed by atoms with E-state index in [2.05, 4.69) is 10.3 Å². The Morgan fingerprint density at radius 1 is 0.941 bits per heavy atom. The molecule has 0 saturated carbocycles. The lowest BCUT2D eigenvalue weighted by Gasteiger charge is -2.11. The van der Waals surface area contributed by atoms with Gasteiger partial charge >= 0.3 is 0 Å². The van der Waals surface area contributed by atoms with E-state index in [9.17, 15) is 0 Å². The Morgan fingerprint density at radius 2 is 1.53 bits per heavy atom. The monoisotopic (exact) mass is 315 g/mol. The maximum absolute atomic E-state index is 5.99. The Kier molecular flexibility index (Phi) is 6.67. The smallest absolute Gasteiger partial charge is 0.151 e. The van der Waals surface area contributed by atoms with Gasteiger partial charge in [-0.15, -0.1) is 0 Å². The fraction of sp³-hybridized carbons (Fsp3) is 0.500. The van der Waals surface area contributed by atoms with Crippen LogP contribution in [0.5, 0.6) is 0 Å². The van der Waals surface area contributed by atoms with Gasteiger partial charge in [-0.3, -0.25) is 0 Å². The van der Waals surface area contributed by atoms with Crippen LogP contribution in [0.15, 0.2) is 0 Å². The number of unbranched alkanes of at least 4 members (excludes halogenated alkanes) is 2. The molecule has 0 radical (unpaired) electrons. The quantitative estimate of drug-likeness (QED) is 0.609. The minimum atomic E-state index is 0.144. The average Bonchev–Trinajstić information content (AvgIpc) is 2.30. The van der Waals surface area contributed by atoms with Crippen LogP contribution in [0.25, 0.3) is 0 Å². The zero-order valence-corrected chi connectivity index (χ0v) is 12.1. The van der Waals surface area contributed by atoms with E-state index in [4.69, 9.17) is 52.1 Å². The fourth-order valence-corrected chi connectivity index (χ4v) is 2.16. The number of halogens is 4. The Morgan fingerprint density at radius 3 is 2.06 bits per heavy atom. The lowest BCUT2D eigenvalue weighted by Crippen LogP contribution is -2.05. The van der Waals surface area contributed by atoms with E-state index >= 15 is 0 Å². The number of nitrogens with zero attached hydrogens (tertiary/aromatic N) is 1. The van der Waals surface area contributed by atoms with Crippen molar-refractivity contribution in [2.75, 3.05) is 18.4 Å². The van der Waals surface area contributed by atoms with Crippen molar-refractivity contribution in [2.24, 2.45) is 5.73 Å². The van der Waals surface area contributed by atoms with Gasteiger partial charge in [-0.25, -0.2) is 4.98 Å². The molecule has 1 aromatic heterocycles. The number of rotatable bonds is 6. The molecule has 0 aliphatic rings. The minimum absolute atomic E-state index is 0.144. The third-order valence-corrected chi connectivity index (χ3v) is 3.66. The summed E-state index contributed by atoms with van der Waals surface area (Å²) in [6, 6.07) is 0. The molecule has 0 spiro atoms. The fourth-order valence-electron chi connectivity index (χ4n) is 1.30. The Labute approximate surface area is 121 Å². The van der Waals surface area contributed by atoms with Crippen LogP contribution in [0.2, 0.25) is 20.4 Å². The van der Waals surface area contributed by atoms with Crippen molar-refractivity contribution in [3.05, 3.63) is 20.4 Å². The summed E-state index contributed by atoms with van der Waals surface area (Å²) in [5.41, 5.74) is 5.94. The maximum Gasteiger partial charge on any atom is 0.151 e. The molecule has 7 heteroatoms. The number of hydrogen-bond donors (Lipinski definition) is 2. The van der Waals surface area contributed by atoms with E-state index in [1.807, 2.05) is 0 Å². The number of nitrogens with two attached hydrogens (primary N) is 1. The highest BCUT2D eigenvalue weighted by Gasteiger charge is 2.14. The molecule has 1 aromatic rings. The minimum Gasteiger partial charge on any atom is -0.382 e. The summed E-state index contributed by atoms with van der Waals surface area (Å²) >= 11 is 23.6. The molecule has 0 atom stereocenters. The summed E-state index contributed by atoms with van der Waals surface area (Å²) in [7, 11) is 0. The van der Waals surface area contributed by atoms with Gasteiger partial charge < -0.3 is 11.1 Å². The summed E-state index contributed by atoms with van der Waals surface area (Å²) in [6.45, 7) is 1.44. The van der Waals surface area contributed by atoms with Crippen molar-refractivity contribution < 1.29 is 0 Å². The molecule has 0 aliphatic heterocycles. The van der Waals surface area contributed by atoms with Gasteiger partial charge in [-0.05, 0) is 19.4 Å². The van der Waals surface area contributed by atoms with Crippen LogP contribution in [-0.4, -0.2) is 18.1 Å². The summed E-state index contributed by atoms with van der Waals surface area (Å²) in [5, 5.41) is 3.98. The van der Waals surface area contributed by atoms with Gasteiger partial charge in [0.2, 0.25) is 0 Å². The molecule has 17 heavy (non-hydrogen) atoms. The zero-order chi connectivity index (χ0) is 12.8. The van der Waals surface area contributed by atoms with Crippen LogP contribution in [0.1, 0.15) is 19.3 Å². The summed E-state index contributed by atoms with van der Waals surface area (Å²) in [5.74, 6) is 0. The number of pyridine rings is 1. The molecule has 1 rings (SSSR count). The number of nitrogens with one attached hydrogen (secondary N) is 1. The van der Waals surface area contributed by atoms with Gasteiger partial charge in [0, 0.05) is 6.54 Å².